The zero-order valence-corrected chi connectivity index (χ0v) is 20.7. The molecule has 0 aliphatic carbocycles. The third kappa shape index (κ3) is 4.20. The van der Waals surface area contributed by atoms with E-state index in [1.165, 1.54) is 11.8 Å². The number of rotatable bonds is 5. The van der Waals surface area contributed by atoms with E-state index in [2.05, 4.69) is 26.0 Å². The topological polar surface area (TPSA) is 96.2 Å². The molecule has 2 aromatic carbocycles. The molecule has 1 amide bonds. The first-order chi connectivity index (χ1) is 15.9. The summed E-state index contributed by atoms with van der Waals surface area (Å²) in [6, 6.07) is 12.4. The van der Waals surface area contributed by atoms with Crippen LogP contribution in [0.4, 0.5) is 5.69 Å². The van der Waals surface area contributed by atoms with Crippen molar-refractivity contribution >= 4 is 45.3 Å². The molecule has 0 radical (unpaired) electrons. The fourth-order valence-electron chi connectivity index (χ4n) is 3.77. The molecule has 4 rings (SSSR count). The van der Waals surface area contributed by atoms with Crippen molar-refractivity contribution in [2.75, 3.05) is 11.2 Å². The van der Waals surface area contributed by atoms with E-state index < -0.39 is 6.17 Å². The van der Waals surface area contributed by atoms with Crippen molar-refractivity contribution in [2.45, 2.75) is 38.0 Å². The highest BCUT2D eigenvalue weighted by molar-refractivity contribution is 9.10. The summed E-state index contributed by atoms with van der Waals surface area (Å²) in [4.78, 5) is 42.8. The van der Waals surface area contributed by atoms with Gasteiger partial charge in [-0.15, -0.1) is 0 Å². The number of aromatic nitrogens is 3. The first-order valence-electron chi connectivity index (χ1n) is 10.4. The van der Waals surface area contributed by atoms with Crippen LogP contribution in [0.25, 0.3) is 11.3 Å². The first-order valence-corrected chi connectivity index (χ1v) is 12.4. The van der Waals surface area contributed by atoms with Gasteiger partial charge < -0.3 is 4.74 Å². The van der Waals surface area contributed by atoms with Crippen molar-refractivity contribution in [3.63, 3.8) is 0 Å². The molecule has 1 N–H and O–H groups in total. The molecule has 1 aromatic heterocycles. The van der Waals surface area contributed by atoms with E-state index in [9.17, 15) is 14.4 Å². The molecule has 33 heavy (non-hydrogen) atoms. The molecule has 170 valence electrons. The maximum atomic E-state index is 13.3. The number of carbonyl (C=O) groups is 2. The van der Waals surface area contributed by atoms with Gasteiger partial charge in [-0.25, -0.2) is 4.90 Å². The maximum Gasteiger partial charge on any atom is 0.325 e. The Kier molecular flexibility index (Phi) is 6.66. The lowest BCUT2D eigenvalue weighted by molar-refractivity contribution is -0.763. The van der Waals surface area contributed by atoms with Crippen molar-refractivity contribution in [1.82, 2.24) is 10.1 Å². The number of aromatic amines is 1. The van der Waals surface area contributed by atoms with Gasteiger partial charge in [-0.1, -0.05) is 53.7 Å². The average molecular weight is 530 g/mol. The molecule has 0 fully saturated rings. The van der Waals surface area contributed by atoms with Crippen LogP contribution in [0.5, 0.6) is 5.75 Å². The lowest BCUT2D eigenvalue weighted by atomic mass is 10.0. The van der Waals surface area contributed by atoms with Crippen molar-refractivity contribution in [2.24, 2.45) is 0 Å². The van der Waals surface area contributed by atoms with E-state index in [4.69, 9.17) is 4.74 Å². The molecule has 0 saturated heterocycles. The number of nitrogens with zero attached hydrogens (tertiary/aromatic N) is 3. The Balaban J connectivity index is 2.04. The molecule has 0 unspecified atom stereocenters. The molecule has 0 spiro atoms. The second-order valence-corrected chi connectivity index (χ2v) is 8.92. The number of esters is 1. The quantitative estimate of drug-likeness (QED) is 0.233. The zero-order valence-electron chi connectivity index (χ0n) is 18.3. The third-order valence-corrected chi connectivity index (χ3v) is 6.58. The van der Waals surface area contributed by atoms with Gasteiger partial charge in [-0.2, -0.15) is 0 Å². The van der Waals surface area contributed by atoms with Gasteiger partial charge in [-0.05, 0) is 41.3 Å². The lowest BCUT2D eigenvalue weighted by Crippen LogP contribution is -2.61. The van der Waals surface area contributed by atoms with Gasteiger partial charge in [0.2, 0.25) is 11.1 Å². The number of benzene rings is 2. The highest BCUT2D eigenvalue weighted by atomic mass is 79.9. The van der Waals surface area contributed by atoms with Gasteiger partial charge in [0.25, 0.3) is 6.17 Å². The summed E-state index contributed by atoms with van der Waals surface area (Å²) in [5.41, 5.74) is 1.89. The summed E-state index contributed by atoms with van der Waals surface area (Å²) in [6.07, 6.45) is 1.52. The number of para-hydroxylation sites is 1. The molecular weight excluding hydrogens is 508 g/mol. The molecule has 0 bridgehead atoms. The van der Waals surface area contributed by atoms with Crippen LogP contribution in [0.3, 0.4) is 0 Å². The average Bonchev–Trinajstić information content (AvgIpc) is 2.83. The Bertz CT molecular complexity index is 1310. The number of hydrogen-bond acceptors (Lipinski definition) is 6. The SMILES string of the molecule is CCC(=O)Oc1ccc(Br)c([C@H]2N(C(=O)CC)c3ccccc3-c3c(=O)[nH]c(SC)n[n+]32)c1. The molecule has 1 atom stereocenters. The van der Waals surface area contributed by atoms with Crippen LogP contribution in [0.2, 0.25) is 0 Å². The minimum absolute atomic E-state index is 0.138. The minimum Gasteiger partial charge on any atom is -0.427 e. The normalized spacial score (nSPS) is 14.4. The van der Waals surface area contributed by atoms with Gasteiger partial charge in [0.1, 0.15) is 5.75 Å². The van der Waals surface area contributed by atoms with Crippen molar-refractivity contribution < 1.29 is 19.0 Å². The van der Waals surface area contributed by atoms with Crippen LogP contribution < -0.4 is 19.9 Å². The summed E-state index contributed by atoms with van der Waals surface area (Å²) < 4.78 is 7.69. The predicted octanol–water partition coefficient (Wildman–Crippen LogP) is 3.83. The van der Waals surface area contributed by atoms with Gasteiger partial charge >= 0.3 is 17.2 Å². The van der Waals surface area contributed by atoms with Crippen LogP contribution in [-0.4, -0.2) is 28.2 Å². The molecule has 0 saturated carbocycles. The van der Waals surface area contributed by atoms with Crippen LogP contribution >= 0.6 is 27.7 Å². The van der Waals surface area contributed by atoms with Crippen molar-refractivity contribution in [3.8, 4) is 17.0 Å². The van der Waals surface area contributed by atoms with Crippen LogP contribution in [-0.2, 0) is 9.59 Å². The number of H-pyrrole nitrogens is 1. The number of hydrogen-bond donors (Lipinski definition) is 1. The molecule has 1 aliphatic heterocycles. The second kappa shape index (κ2) is 9.48. The molecule has 10 heteroatoms. The maximum absolute atomic E-state index is 13.3. The highest BCUT2D eigenvalue weighted by Gasteiger charge is 2.46. The summed E-state index contributed by atoms with van der Waals surface area (Å²) in [5, 5.41) is 5.08. The fraction of sp³-hybridized carbons (Fsp3) is 0.261. The molecule has 3 aromatic rings. The van der Waals surface area contributed by atoms with Crippen LogP contribution in [0.1, 0.15) is 38.4 Å². The number of amides is 1. The number of carbonyl (C=O) groups excluding carboxylic acids is 2. The molecule has 1 aliphatic rings. The third-order valence-electron chi connectivity index (χ3n) is 5.29. The largest absolute Gasteiger partial charge is 0.427 e. The number of anilines is 1. The smallest absolute Gasteiger partial charge is 0.325 e. The van der Waals surface area contributed by atoms with Crippen LogP contribution in [0.15, 0.2) is 56.9 Å². The summed E-state index contributed by atoms with van der Waals surface area (Å²) in [7, 11) is 0. The van der Waals surface area contributed by atoms with Crippen molar-refractivity contribution in [3.05, 3.63) is 62.9 Å². The summed E-state index contributed by atoms with van der Waals surface area (Å²) in [6.45, 7) is 3.50. The second-order valence-electron chi connectivity index (χ2n) is 7.28. The van der Waals surface area contributed by atoms with Crippen molar-refractivity contribution in [1.29, 1.82) is 0 Å². The fourth-order valence-corrected chi connectivity index (χ4v) is 4.59. The van der Waals surface area contributed by atoms with E-state index in [0.29, 0.717) is 37.9 Å². The number of ether oxygens (including phenoxy) is 1. The molecule has 8 nitrogen and oxygen atoms in total. The number of fused-ring (bicyclic) bond motifs is 3. The Morgan fingerprint density at radius 3 is 2.67 bits per heavy atom. The number of thioether (sulfide) groups is 1. The van der Waals surface area contributed by atoms with E-state index in [1.807, 2.05) is 24.5 Å². The monoisotopic (exact) mass is 529 g/mol. The zero-order chi connectivity index (χ0) is 23.7. The van der Waals surface area contributed by atoms with Gasteiger partial charge in [0.05, 0.1) is 16.8 Å². The van der Waals surface area contributed by atoms with Gasteiger partial charge in [0, 0.05) is 22.4 Å². The van der Waals surface area contributed by atoms with Gasteiger partial charge in [-0.3, -0.25) is 19.4 Å². The van der Waals surface area contributed by atoms with E-state index >= 15 is 0 Å². The number of halogens is 1. The van der Waals surface area contributed by atoms with Crippen LogP contribution in [0, 0.1) is 0 Å². The minimum atomic E-state index is -0.773. The Hall–Kier alpha value is -2.98. The van der Waals surface area contributed by atoms with E-state index in [1.54, 1.807) is 47.7 Å². The predicted molar refractivity (Wildman–Crippen MR) is 128 cm³/mol. The lowest BCUT2D eigenvalue weighted by Gasteiger charge is -2.32. The Morgan fingerprint density at radius 2 is 1.97 bits per heavy atom. The van der Waals surface area contributed by atoms with Gasteiger partial charge in [0.15, 0.2) is 0 Å². The summed E-state index contributed by atoms with van der Waals surface area (Å²) in [5.74, 6) is -0.160. The molecular formula is C23H22BrN4O4S+. The Labute approximate surface area is 203 Å². The van der Waals surface area contributed by atoms with E-state index in [0.717, 1.165) is 0 Å². The first kappa shape index (κ1) is 23.2. The number of nitrogens with one attached hydrogen (secondary N) is 1. The molecule has 2 heterocycles. The highest BCUT2D eigenvalue weighted by Crippen LogP contribution is 2.40. The van der Waals surface area contributed by atoms with E-state index in [-0.39, 0.29) is 30.3 Å². The Morgan fingerprint density at radius 1 is 1.21 bits per heavy atom. The summed E-state index contributed by atoms with van der Waals surface area (Å²) >= 11 is 4.88. The standard InChI is InChI=1S/C23H21BrN4O4S/c1-4-18(29)27-17-9-7-6-8-14(17)20-21(31)25-23(33-3)26-28(20)22(27)15-12-13(10-11-16(15)24)32-19(30)5-2/h6-12,22H,4-5H2,1-3H3/p+1/t22-/m0/s1.